The van der Waals surface area contributed by atoms with Crippen LogP contribution in [-0.2, 0) is 10.2 Å². The molecule has 3 rings (SSSR count). The van der Waals surface area contributed by atoms with E-state index in [9.17, 15) is 4.39 Å². The van der Waals surface area contributed by atoms with Gasteiger partial charge in [-0.05, 0) is 30.5 Å². The molecule has 2 heterocycles. The largest absolute Gasteiger partial charge is 0.424 e. The van der Waals surface area contributed by atoms with Gasteiger partial charge in [0.1, 0.15) is 5.82 Å². The number of rotatable bonds is 3. The van der Waals surface area contributed by atoms with Crippen LogP contribution in [0.5, 0.6) is 0 Å². The Kier molecular flexibility index (Phi) is 3.76. The first-order valence-corrected chi connectivity index (χ1v) is 7.29. The topological polar surface area (TPSA) is 48.2 Å². The number of halogens is 1. The van der Waals surface area contributed by atoms with Gasteiger partial charge in [0, 0.05) is 19.1 Å². The second-order valence-electron chi connectivity index (χ2n) is 5.80. The Balaban J connectivity index is 2.05. The Labute approximate surface area is 123 Å². The molecule has 0 spiro atoms. The van der Waals surface area contributed by atoms with Gasteiger partial charge in [0.25, 0.3) is 0 Å². The highest BCUT2D eigenvalue weighted by atomic mass is 19.1. The van der Waals surface area contributed by atoms with Crippen molar-refractivity contribution in [2.24, 2.45) is 0 Å². The van der Waals surface area contributed by atoms with E-state index in [2.05, 4.69) is 10.2 Å². The summed E-state index contributed by atoms with van der Waals surface area (Å²) in [4.78, 5) is 0. The normalized spacial score (nSPS) is 18.1. The fourth-order valence-corrected chi connectivity index (χ4v) is 2.78. The number of hydrogen-bond acceptors (Lipinski definition) is 4. The molecule has 2 aromatic rings. The lowest BCUT2D eigenvalue weighted by molar-refractivity contribution is 0.0539. The molecule has 1 aliphatic rings. The third-order valence-corrected chi connectivity index (χ3v) is 4.09. The third-order valence-electron chi connectivity index (χ3n) is 4.09. The Morgan fingerprint density at radius 2 is 1.76 bits per heavy atom. The molecule has 112 valence electrons. The van der Waals surface area contributed by atoms with Crippen LogP contribution in [0, 0.1) is 5.82 Å². The molecule has 0 aliphatic carbocycles. The van der Waals surface area contributed by atoms with E-state index in [1.807, 2.05) is 13.8 Å². The molecule has 1 fully saturated rings. The quantitative estimate of drug-likeness (QED) is 0.869. The molecule has 1 saturated heterocycles. The van der Waals surface area contributed by atoms with Gasteiger partial charge in [-0.25, -0.2) is 4.39 Å². The van der Waals surface area contributed by atoms with Gasteiger partial charge < -0.3 is 9.15 Å². The summed E-state index contributed by atoms with van der Waals surface area (Å²) in [7, 11) is 0. The second-order valence-corrected chi connectivity index (χ2v) is 5.80. The fraction of sp³-hybridized carbons (Fsp3) is 0.500. The summed E-state index contributed by atoms with van der Waals surface area (Å²) < 4.78 is 24.6. The van der Waals surface area contributed by atoms with E-state index >= 15 is 0 Å². The van der Waals surface area contributed by atoms with Crippen LogP contribution in [0.1, 0.15) is 50.0 Å². The van der Waals surface area contributed by atoms with Gasteiger partial charge in [-0.3, -0.25) is 0 Å². The van der Waals surface area contributed by atoms with Crippen molar-refractivity contribution in [1.82, 2.24) is 10.2 Å². The molecule has 1 aliphatic heterocycles. The van der Waals surface area contributed by atoms with E-state index in [1.54, 1.807) is 12.1 Å². The highest BCUT2D eigenvalue weighted by Gasteiger charge is 2.41. The molecule has 0 atom stereocenters. The van der Waals surface area contributed by atoms with Crippen LogP contribution in [0.3, 0.4) is 0 Å². The average molecular weight is 290 g/mol. The van der Waals surface area contributed by atoms with E-state index in [4.69, 9.17) is 9.15 Å². The number of benzene rings is 1. The molecular weight excluding hydrogens is 271 g/mol. The Hall–Kier alpha value is -1.75. The zero-order chi connectivity index (χ0) is 14.9. The number of nitrogens with zero attached hydrogens (tertiary/aromatic N) is 2. The van der Waals surface area contributed by atoms with Crippen molar-refractivity contribution in [1.29, 1.82) is 0 Å². The smallest absolute Gasteiger partial charge is 0.227 e. The maximum Gasteiger partial charge on any atom is 0.227 e. The van der Waals surface area contributed by atoms with Crippen LogP contribution in [0.15, 0.2) is 28.7 Å². The van der Waals surface area contributed by atoms with Crippen LogP contribution in [0.2, 0.25) is 0 Å². The molecule has 21 heavy (non-hydrogen) atoms. The highest BCUT2D eigenvalue weighted by molar-refractivity contribution is 5.32. The van der Waals surface area contributed by atoms with Crippen molar-refractivity contribution in [3.05, 3.63) is 47.4 Å². The number of ether oxygens (including phenoxy) is 1. The van der Waals surface area contributed by atoms with E-state index in [0.717, 1.165) is 18.4 Å². The number of hydrogen-bond donors (Lipinski definition) is 0. The Morgan fingerprint density at radius 3 is 2.33 bits per heavy atom. The average Bonchev–Trinajstić information content (AvgIpc) is 2.99. The van der Waals surface area contributed by atoms with Crippen molar-refractivity contribution in [3.8, 4) is 0 Å². The molecule has 0 saturated carbocycles. The molecular formula is C16H19FN2O2. The van der Waals surface area contributed by atoms with E-state index < -0.39 is 0 Å². The van der Waals surface area contributed by atoms with Gasteiger partial charge in [0.2, 0.25) is 11.8 Å². The molecule has 0 unspecified atom stereocenters. The summed E-state index contributed by atoms with van der Waals surface area (Å²) in [5.74, 6) is 1.20. The second kappa shape index (κ2) is 5.56. The minimum Gasteiger partial charge on any atom is -0.424 e. The van der Waals surface area contributed by atoms with E-state index in [-0.39, 0.29) is 17.2 Å². The van der Waals surface area contributed by atoms with Gasteiger partial charge in [-0.1, -0.05) is 26.0 Å². The lowest BCUT2D eigenvalue weighted by atomic mass is 9.74. The summed E-state index contributed by atoms with van der Waals surface area (Å²) in [5.41, 5.74) is 0.637. The van der Waals surface area contributed by atoms with Gasteiger partial charge >= 0.3 is 0 Å². The first-order chi connectivity index (χ1) is 10.1. The lowest BCUT2D eigenvalue weighted by Gasteiger charge is -2.34. The Morgan fingerprint density at radius 1 is 1.10 bits per heavy atom. The fourth-order valence-electron chi connectivity index (χ4n) is 2.78. The maximum absolute atomic E-state index is 13.2. The molecule has 0 radical (unpaired) electrons. The van der Waals surface area contributed by atoms with Crippen molar-refractivity contribution >= 4 is 0 Å². The van der Waals surface area contributed by atoms with Gasteiger partial charge in [0.05, 0.1) is 5.41 Å². The molecule has 5 heteroatoms. The van der Waals surface area contributed by atoms with Crippen molar-refractivity contribution < 1.29 is 13.5 Å². The van der Waals surface area contributed by atoms with Crippen molar-refractivity contribution in [2.75, 3.05) is 13.2 Å². The monoisotopic (exact) mass is 290 g/mol. The predicted molar refractivity (Wildman–Crippen MR) is 75.6 cm³/mol. The Bertz CT molecular complexity index is 601. The first kappa shape index (κ1) is 14.2. The molecule has 0 N–H and O–H groups in total. The van der Waals surface area contributed by atoms with Gasteiger partial charge in [0.15, 0.2) is 0 Å². The molecule has 1 aromatic heterocycles. The standard InChI is InChI=1S/C16H19FN2O2/c1-11(2)14-18-19-15(21-14)16(7-9-20-10-8-16)12-3-5-13(17)6-4-12/h3-6,11H,7-10H2,1-2H3. The van der Waals surface area contributed by atoms with Crippen LogP contribution in [-0.4, -0.2) is 23.4 Å². The van der Waals surface area contributed by atoms with Crippen LogP contribution in [0.25, 0.3) is 0 Å². The van der Waals surface area contributed by atoms with E-state index in [0.29, 0.717) is 25.0 Å². The zero-order valence-corrected chi connectivity index (χ0v) is 12.3. The summed E-state index contributed by atoms with van der Waals surface area (Å²) in [6.07, 6.45) is 1.52. The van der Waals surface area contributed by atoms with Gasteiger partial charge in [-0.2, -0.15) is 0 Å². The van der Waals surface area contributed by atoms with E-state index in [1.165, 1.54) is 12.1 Å². The summed E-state index contributed by atoms with van der Waals surface area (Å²) in [6, 6.07) is 6.57. The van der Waals surface area contributed by atoms with Crippen molar-refractivity contribution in [2.45, 2.75) is 38.0 Å². The molecule has 0 bridgehead atoms. The first-order valence-electron chi connectivity index (χ1n) is 7.29. The third kappa shape index (κ3) is 2.58. The maximum atomic E-state index is 13.2. The molecule has 4 nitrogen and oxygen atoms in total. The van der Waals surface area contributed by atoms with Gasteiger partial charge in [-0.15, -0.1) is 10.2 Å². The SMILES string of the molecule is CC(C)c1nnc(C2(c3ccc(F)cc3)CCOCC2)o1. The highest BCUT2D eigenvalue weighted by Crippen LogP contribution is 2.40. The minimum absolute atomic E-state index is 0.191. The molecule has 1 aromatic carbocycles. The van der Waals surface area contributed by atoms with Crippen LogP contribution < -0.4 is 0 Å². The number of aromatic nitrogens is 2. The van der Waals surface area contributed by atoms with Crippen molar-refractivity contribution in [3.63, 3.8) is 0 Å². The summed E-state index contributed by atoms with van der Waals surface area (Å²) in [6.45, 7) is 5.31. The molecule has 0 amide bonds. The van der Waals surface area contributed by atoms with Crippen LogP contribution >= 0.6 is 0 Å². The van der Waals surface area contributed by atoms with Crippen LogP contribution in [0.4, 0.5) is 4.39 Å². The summed E-state index contributed by atoms with van der Waals surface area (Å²) in [5, 5.41) is 8.41. The lowest BCUT2D eigenvalue weighted by Crippen LogP contribution is -2.35. The minimum atomic E-state index is -0.369. The predicted octanol–water partition coefficient (Wildman–Crippen LogP) is 3.43. The summed E-state index contributed by atoms with van der Waals surface area (Å²) >= 11 is 0. The zero-order valence-electron chi connectivity index (χ0n) is 12.3.